The molecule has 7 nitrogen and oxygen atoms in total. The summed E-state index contributed by atoms with van der Waals surface area (Å²) < 4.78 is 34.2. The summed E-state index contributed by atoms with van der Waals surface area (Å²) in [5.74, 6) is 0.388. The number of hydrogen-bond donors (Lipinski definition) is 1. The number of H-pyrrole nitrogens is 1. The molecule has 0 saturated heterocycles. The molecule has 0 bridgehead atoms. The number of halogens is 1. The second-order valence-corrected chi connectivity index (χ2v) is 12.6. The van der Waals surface area contributed by atoms with Gasteiger partial charge in [0.15, 0.2) is 15.6 Å². The molecule has 0 atom stereocenters. The number of methoxy groups -OCH3 is 1. The molecule has 5 aromatic rings. The molecule has 190 valence electrons. The standard InChI is InChI=1S/C27H24ClN3O4S2/c1-35-24-7-3-6-22-27(24)21(17-37(33,34)26-11-10-25(28)36-26)30-31(22)16-19-5-2-4-18(14-19)8-9-23(32)20-12-13-29-15-20/h2-7,10-15,29H,8-9,16-17H2,1H3. The van der Waals surface area contributed by atoms with E-state index in [4.69, 9.17) is 21.4 Å². The van der Waals surface area contributed by atoms with Crippen molar-refractivity contribution in [2.75, 3.05) is 7.11 Å². The molecule has 0 aliphatic rings. The first kappa shape index (κ1) is 25.3. The van der Waals surface area contributed by atoms with E-state index in [2.05, 4.69) is 11.1 Å². The van der Waals surface area contributed by atoms with Gasteiger partial charge in [0.25, 0.3) is 0 Å². The molecule has 0 aliphatic carbocycles. The highest BCUT2D eigenvalue weighted by Gasteiger charge is 2.24. The Morgan fingerprint density at radius 1 is 1.11 bits per heavy atom. The van der Waals surface area contributed by atoms with Crippen LogP contribution in [0.5, 0.6) is 5.75 Å². The molecule has 0 radical (unpaired) electrons. The highest BCUT2D eigenvalue weighted by Crippen LogP contribution is 2.33. The Hall–Kier alpha value is -3.40. The Balaban J connectivity index is 1.43. The fraction of sp³-hybridized carbons (Fsp3) is 0.185. The molecule has 0 fully saturated rings. The van der Waals surface area contributed by atoms with Crippen LogP contribution >= 0.6 is 22.9 Å². The van der Waals surface area contributed by atoms with E-state index in [1.165, 1.54) is 6.07 Å². The number of carbonyl (C=O) groups excluding carboxylic acids is 1. The molecule has 0 saturated carbocycles. The van der Waals surface area contributed by atoms with Crippen molar-refractivity contribution in [2.24, 2.45) is 0 Å². The highest BCUT2D eigenvalue weighted by atomic mass is 35.5. The number of benzene rings is 2. The van der Waals surface area contributed by atoms with Crippen molar-refractivity contribution in [2.45, 2.75) is 29.3 Å². The summed E-state index contributed by atoms with van der Waals surface area (Å²) in [6, 6.07) is 18.5. The molecule has 37 heavy (non-hydrogen) atoms. The van der Waals surface area contributed by atoms with Crippen LogP contribution in [0.15, 0.2) is 77.3 Å². The first-order valence-electron chi connectivity index (χ1n) is 11.6. The number of hydrogen-bond acceptors (Lipinski definition) is 6. The summed E-state index contributed by atoms with van der Waals surface area (Å²) in [5.41, 5.74) is 3.93. The molecular weight excluding hydrogens is 530 g/mol. The van der Waals surface area contributed by atoms with Gasteiger partial charge in [-0.1, -0.05) is 41.9 Å². The van der Waals surface area contributed by atoms with E-state index in [-0.39, 0.29) is 15.7 Å². The maximum Gasteiger partial charge on any atom is 0.193 e. The summed E-state index contributed by atoms with van der Waals surface area (Å²) in [7, 11) is -2.08. The number of thiophene rings is 1. The van der Waals surface area contributed by atoms with E-state index in [9.17, 15) is 13.2 Å². The lowest BCUT2D eigenvalue weighted by molar-refractivity contribution is 0.0983. The maximum absolute atomic E-state index is 13.1. The molecule has 3 aromatic heterocycles. The lowest BCUT2D eigenvalue weighted by Gasteiger charge is -2.07. The van der Waals surface area contributed by atoms with Crippen LogP contribution in [-0.2, 0) is 28.6 Å². The zero-order valence-corrected chi connectivity index (χ0v) is 22.4. The number of ketones is 1. The van der Waals surface area contributed by atoms with Crippen LogP contribution in [0.25, 0.3) is 10.9 Å². The summed E-state index contributed by atoms with van der Waals surface area (Å²) in [5, 5.41) is 5.39. The van der Waals surface area contributed by atoms with Gasteiger partial charge in [0.1, 0.15) is 15.7 Å². The number of sulfone groups is 1. The predicted octanol–water partition coefficient (Wildman–Crippen LogP) is 5.93. The van der Waals surface area contributed by atoms with Crippen molar-refractivity contribution in [1.29, 1.82) is 0 Å². The number of Topliss-reactive ketones (excluding diaryl/α,β-unsaturated/α-hetero) is 1. The monoisotopic (exact) mass is 553 g/mol. The lowest BCUT2D eigenvalue weighted by atomic mass is 10.0. The molecule has 0 amide bonds. The van der Waals surface area contributed by atoms with Crippen molar-refractivity contribution in [3.05, 3.63) is 99.8 Å². The minimum atomic E-state index is -3.64. The van der Waals surface area contributed by atoms with E-state index < -0.39 is 9.84 Å². The quantitative estimate of drug-likeness (QED) is 0.216. The van der Waals surface area contributed by atoms with E-state index >= 15 is 0 Å². The zero-order valence-electron chi connectivity index (χ0n) is 20.0. The number of aromatic amines is 1. The van der Waals surface area contributed by atoms with Gasteiger partial charge in [0.05, 0.1) is 34.6 Å². The van der Waals surface area contributed by atoms with Gasteiger partial charge in [-0.15, -0.1) is 11.3 Å². The van der Waals surface area contributed by atoms with E-state index in [1.807, 2.05) is 30.3 Å². The van der Waals surface area contributed by atoms with E-state index in [1.54, 1.807) is 42.4 Å². The third kappa shape index (κ3) is 5.49. The average Bonchev–Trinajstić information content (AvgIpc) is 3.64. The molecule has 3 heterocycles. The van der Waals surface area contributed by atoms with Crippen LogP contribution in [0.4, 0.5) is 0 Å². The van der Waals surface area contributed by atoms with Gasteiger partial charge in [-0.2, -0.15) is 5.10 Å². The number of nitrogens with zero attached hydrogens (tertiary/aromatic N) is 2. The van der Waals surface area contributed by atoms with Gasteiger partial charge in [-0.25, -0.2) is 8.42 Å². The van der Waals surface area contributed by atoms with Gasteiger partial charge >= 0.3 is 0 Å². The Bertz CT molecular complexity index is 1670. The third-order valence-electron chi connectivity index (χ3n) is 6.10. The summed E-state index contributed by atoms with van der Waals surface area (Å²) in [4.78, 5) is 15.3. The van der Waals surface area contributed by atoms with E-state index in [0.29, 0.717) is 46.1 Å². The Morgan fingerprint density at radius 3 is 2.65 bits per heavy atom. The average molecular weight is 554 g/mol. The number of aryl methyl sites for hydroxylation is 1. The second-order valence-electron chi connectivity index (χ2n) is 8.62. The van der Waals surface area contributed by atoms with Gasteiger partial charge in [-0.05, 0) is 47.9 Å². The smallest absolute Gasteiger partial charge is 0.193 e. The van der Waals surface area contributed by atoms with E-state index in [0.717, 1.165) is 28.0 Å². The van der Waals surface area contributed by atoms with Gasteiger partial charge < -0.3 is 9.72 Å². The molecule has 1 N–H and O–H groups in total. The number of rotatable bonds is 10. The van der Waals surface area contributed by atoms with Crippen LogP contribution in [0.3, 0.4) is 0 Å². The number of carbonyl (C=O) groups is 1. The van der Waals surface area contributed by atoms with Crippen molar-refractivity contribution < 1.29 is 17.9 Å². The largest absolute Gasteiger partial charge is 0.496 e. The molecular formula is C27H24ClN3O4S2. The zero-order chi connectivity index (χ0) is 26.0. The lowest BCUT2D eigenvalue weighted by Crippen LogP contribution is -2.06. The van der Waals surface area contributed by atoms with Gasteiger partial charge in [0, 0.05) is 24.4 Å². The minimum absolute atomic E-state index is 0.0923. The number of ether oxygens (including phenoxy) is 1. The number of nitrogens with one attached hydrogen (secondary N) is 1. The molecule has 2 aromatic carbocycles. The summed E-state index contributed by atoms with van der Waals surface area (Å²) >= 11 is 7.01. The van der Waals surface area contributed by atoms with Crippen LogP contribution in [0, 0.1) is 0 Å². The highest BCUT2D eigenvalue weighted by molar-refractivity contribution is 7.92. The van der Waals surface area contributed by atoms with Crippen molar-refractivity contribution >= 4 is 49.5 Å². The molecule has 5 rings (SSSR count). The van der Waals surface area contributed by atoms with Crippen molar-refractivity contribution in [3.63, 3.8) is 0 Å². The van der Waals surface area contributed by atoms with Crippen LogP contribution in [0.2, 0.25) is 4.34 Å². The maximum atomic E-state index is 13.1. The SMILES string of the molecule is COc1cccc2c1c(CS(=O)(=O)c1ccc(Cl)s1)nn2Cc1cccc(CCC(=O)c2cc[nH]c2)c1. The minimum Gasteiger partial charge on any atom is -0.496 e. The van der Waals surface area contributed by atoms with Crippen LogP contribution in [-0.4, -0.2) is 36.1 Å². The predicted molar refractivity (Wildman–Crippen MR) is 145 cm³/mol. The van der Waals surface area contributed by atoms with Gasteiger partial charge in [-0.3, -0.25) is 9.48 Å². The topological polar surface area (TPSA) is 94.1 Å². The molecule has 10 heteroatoms. The molecule has 0 spiro atoms. The van der Waals surface area contributed by atoms with Crippen molar-refractivity contribution in [3.8, 4) is 5.75 Å². The van der Waals surface area contributed by atoms with Crippen molar-refractivity contribution in [1.82, 2.24) is 14.8 Å². The summed E-state index contributed by atoms with van der Waals surface area (Å²) in [6.45, 7) is 0.439. The number of fused-ring (bicyclic) bond motifs is 1. The summed E-state index contributed by atoms with van der Waals surface area (Å²) in [6.07, 6.45) is 4.49. The first-order valence-corrected chi connectivity index (χ1v) is 14.4. The normalized spacial score (nSPS) is 11.7. The number of aromatic nitrogens is 3. The Kier molecular flexibility index (Phi) is 7.19. The second kappa shape index (κ2) is 10.5. The van der Waals surface area contributed by atoms with Crippen LogP contribution < -0.4 is 4.74 Å². The molecule has 0 unspecified atom stereocenters. The Morgan fingerprint density at radius 2 is 1.92 bits per heavy atom. The van der Waals surface area contributed by atoms with Crippen LogP contribution in [0.1, 0.15) is 33.6 Å². The first-order chi connectivity index (χ1) is 17.8. The molecule has 0 aliphatic heterocycles. The Labute approximate surface area is 223 Å². The fourth-order valence-electron chi connectivity index (χ4n) is 4.34. The fourth-order valence-corrected chi connectivity index (χ4v) is 7.19. The third-order valence-corrected chi connectivity index (χ3v) is 9.54. The van der Waals surface area contributed by atoms with Gasteiger partial charge in [0.2, 0.25) is 0 Å².